The summed E-state index contributed by atoms with van der Waals surface area (Å²) in [5, 5.41) is 8.56. The minimum atomic E-state index is -3.45. The number of pyridine rings is 1. The van der Waals surface area contributed by atoms with Crippen molar-refractivity contribution in [3.05, 3.63) is 23.9 Å². The van der Waals surface area contributed by atoms with Gasteiger partial charge in [-0.1, -0.05) is 0 Å². The van der Waals surface area contributed by atoms with Gasteiger partial charge in [0.15, 0.2) is 0 Å². The van der Waals surface area contributed by atoms with Crippen LogP contribution < -0.4 is 4.72 Å². The van der Waals surface area contributed by atoms with E-state index in [2.05, 4.69) is 9.71 Å². The van der Waals surface area contributed by atoms with E-state index in [0.29, 0.717) is 12.2 Å². The summed E-state index contributed by atoms with van der Waals surface area (Å²) in [5.41, 5.74) is 0.377. The van der Waals surface area contributed by atoms with E-state index in [1.54, 1.807) is 6.92 Å². The Kier molecular flexibility index (Phi) is 4.87. The first kappa shape index (κ1) is 13.4. The molecule has 0 saturated carbocycles. The van der Waals surface area contributed by atoms with Gasteiger partial charge in [0.25, 0.3) is 0 Å². The first-order chi connectivity index (χ1) is 8.07. The van der Waals surface area contributed by atoms with E-state index < -0.39 is 10.0 Å². The van der Waals surface area contributed by atoms with Gasteiger partial charge in [0.05, 0.1) is 17.9 Å². The lowest BCUT2D eigenvalue weighted by molar-refractivity contribution is 0.163. The maximum Gasteiger partial charge on any atom is 0.236 e. The Morgan fingerprint density at radius 2 is 2.29 bits per heavy atom. The minimum Gasteiger partial charge on any atom is -0.381 e. The lowest BCUT2D eigenvalue weighted by Crippen LogP contribution is -2.20. The third kappa shape index (κ3) is 4.80. The molecule has 0 aliphatic rings. The second-order valence-electron chi connectivity index (χ2n) is 3.16. The van der Waals surface area contributed by atoms with Gasteiger partial charge in [-0.3, -0.25) is 4.72 Å². The zero-order valence-electron chi connectivity index (χ0n) is 9.38. The van der Waals surface area contributed by atoms with E-state index in [4.69, 9.17) is 10.00 Å². The van der Waals surface area contributed by atoms with E-state index in [-0.39, 0.29) is 18.2 Å². The number of hydrogen-bond donors (Lipinski definition) is 1. The predicted molar refractivity (Wildman–Crippen MR) is 62.9 cm³/mol. The molecule has 0 amide bonds. The molecule has 0 atom stereocenters. The minimum absolute atomic E-state index is 0.122. The number of aromatic nitrogens is 1. The number of anilines is 1. The van der Waals surface area contributed by atoms with Gasteiger partial charge in [-0.25, -0.2) is 13.4 Å². The van der Waals surface area contributed by atoms with Gasteiger partial charge in [-0.2, -0.15) is 5.26 Å². The van der Waals surface area contributed by atoms with Crippen LogP contribution in [0.5, 0.6) is 0 Å². The fraction of sp³-hybridized carbons (Fsp3) is 0.400. The van der Waals surface area contributed by atoms with E-state index in [1.165, 1.54) is 18.3 Å². The molecular formula is C10H13N3O3S. The molecule has 0 unspecified atom stereocenters. The number of ether oxygens (including phenoxy) is 1. The largest absolute Gasteiger partial charge is 0.381 e. The second-order valence-corrected chi connectivity index (χ2v) is 5.00. The molecule has 7 heteroatoms. The molecule has 17 heavy (non-hydrogen) atoms. The van der Waals surface area contributed by atoms with Crippen LogP contribution in [0.1, 0.15) is 12.5 Å². The molecule has 1 aromatic rings. The van der Waals surface area contributed by atoms with Crippen molar-refractivity contribution in [3.63, 3.8) is 0 Å². The van der Waals surface area contributed by atoms with Crippen LogP contribution >= 0.6 is 0 Å². The smallest absolute Gasteiger partial charge is 0.236 e. The fourth-order valence-electron chi connectivity index (χ4n) is 1.04. The van der Waals surface area contributed by atoms with E-state index in [1.807, 2.05) is 6.07 Å². The first-order valence-corrected chi connectivity index (χ1v) is 6.67. The lowest BCUT2D eigenvalue weighted by atomic mass is 10.3. The van der Waals surface area contributed by atoms with Crippen molar-refractivity contribution in [3.8, 4) is 6.07 Å². The molecule has 0 saturated heterocycles. The number of nitrogens with one attached hydrogen (secondary N) is 1. The van der Waals surface area contributed by atoms with Gasteiger partial charge in [0.2, 0.25) is 10.0 Å². The summed E-state index contributed by atoms with van der Waals surface area (Å²) in [6, 6.07) is 4.83. The Hall–Kier alpha value is -1.65. The Bertz CT molecular complexity index is 491. The first-order valence-electron chi connectivity index (χ1n) is 5.02. The van der Waals surface area contributed by atoms with Crippen molar-refractivity contribution in [1.29, 1.82) is 5.26 Å². The summed E-state index contributed by atoms with van der Waals surface area (Å²) in [4.78, 5) is 3.81. The van der Waals surface area contributed by atoms with Crippen LogP contribution in [-0.2, 0) is 14.8 Å². The molecule has 0 fully saturated rings. The summed E-state index contributed by atoms with van der Waals surface area (Å²) in [6.07, 6.45) is 1.31. The molecule has 0 bridgehead atoms. The third-order valence-electron chi connectivity index (χ3n) is 1.85. The summed E-state index contributed by atoms with van der Waals surface area (Å²) in [7, 11) is -3.45. The summed E-state index contributed by atoms with van der Waals surface area (Å²) >= 11 is 0. The normalized spacial score (nSPS) is 10.8. The SMILES string of the molecule is CCOCCS(=O)(=O)Nc1ccc(C#N)cn1. The van der Waals surface area contributed by atoms with Gasteiger partial charge in [0.1, 0.15) is 11.9 Å². The van der Waals surface area contributed by atoms with Crippen LogP contribution in [0.4, 0.5) is 5.82 Å². The molecule has 0 radical (unpaired) electrons. The molecule has 1 rings (SSSR count). The maximum atomic E-state index is 11.5. The summed E-state index contributed by atoms with van der Waals surface area (Å²) in [5.74, 6) is 0.0724. The Balaban J connectivity index is 2.60. The van der Waals surface area contributed by atoms with Crippen LogP contribution in [0.3, 0.4) is 0 Å². The van der Waals surface area contributed by atoms with Gasteiger partial charge in [0, 0.05) is 12.8 Å². The average Bonchev–Trinajstić information content (AvgIpc) is 2.30. The zero-order valence-corrected chi connectivity index (χ0v) is 10.2. The van der Waals surface area contributed by atoms with Crippen LogP contribution in [0, 0.1) is 11.3 Å². The lowest BCUT2D eigenvalue weighted by Gasteiger charge is -2.06. The molecule has 0 spiro atoms. The van der Waals surface area contributed by atoms with Gasteiger partial charge in [-0.05, 0) is 19.1 Å². The van der Waals surface area contributed by atoms with Crippen molar-refractivity contribution >= 4 is 15.8 Å². The standard InChI is InChI=1S/C10H13N3O3S/c1-2-16-5-6-17(14,15)13-10-4-3-9(7-11)8-12-10/h3-4,8H,2,5-6H2,1H3,(H,12,13). The predicted octanol–water partition coefficient (Wildman–Crippen LogP) is 0.731. The zero-order chi connectivity index (χ0) is 12.7. The molecule has 0 aromatic carbocycles. The number of rotatable bonds is 6. The fourth-order valence-corrected chi connectivity index (χ4v) is 1.92. The summed E-state index contributed by atoms with van der Waals surface area (Å²) < 4.78 is 30.3. The van der Waals surface area contributed by atoms with Crippen molar-refractivity contribution in [1.82, 2.24) is 4.98 Å². The molecule has 6 nitrogen and oxygen atoms in total. The van der Waals surface area contributed by atoms with Crippen molar-refractivity contribution in [2.24, 2.45) is 0 Å². The van der Waals surface area contributed by atoms with Crippen molar-refractivity contribution < 1.29 is 13.2 Å². The van der Waals surface area contributed by atoms with Crippen molar-refractivity contribution in [2.45, 2.75) is 6.92 Å². The molecule has 1 aromatic heterocycles. The third-order valence-corrected chi connectivity index (χ3v) is 3.08. The van der Waals surface area contributed by atoms with Crippen LogP contribution in [0.25, 0.3) is 0 Å². The number of nitriles is 1. The highest BCUT2D eigenvalue weighted by Gasteiger charge is 2.10. The van der Waals surface area contributed by atoms with Crippen LogP contribution in [0.2, 0.25) is 0 Å². The molecule has 1 heterocycles. The quantitative estimate of drug-likeness (QED) is 0.756. The maximum absolute atomic E-state index is 11.5. The summed E-state index contributed by atoms with van der Waals surface area (Å²) in [6.45, 7) is 2.41. The van der Waals surface area contributed by atoms with E-state index in [9.17, 15) is 8.42 Å². The molecule has 1 N–H and O–H groups in total. The molecule has 92 valence electrons. The highest BCUT2D eigenvalue weighted by molar-refractivity contribution is 7.92. The Labute approximate surface area is 100 Å². The van der Waals surface area contributed by atoms with Crippen molar-refractivity contribution in [2.75, 3.05) is 23.7 Å². The topological polar surface area (TPSA) is 92.1 Å². The Morgan fingerprint density at radius 3 is 2.82 bits per heavy atom. The highest BCUT2D eigenvalue weighted by atomic mass is 32.2. The monoisotopic (exact) mass is 255 g/mol. The molecular weight excluding hydrogens is 242 g/mol. The van der Waals surface area contributed by atoms with E-state index in [0.717, 1.165) is 0 Å². The average molecular weight is 255 g/mol. The molecule has 0 aliphatic carbocycles. The van der Waals surface area contributed by atoms with Crippen LogP contribution in [0.15, 0.2) is 18.3 Å². The van der Waals surface area contributed by atoms with Gasteiger partial charge in [-0.15, -0.1) is 0 Å². The van der Waals surface area contributed by atoms with Crippen LogP contribution in [-0.4, -0.2) is 32.4 Å². The van der Waals surface area contributed by atoms with Gasteiger partial charge >= 0.3 is 0 Å². The van der Waals surface area contributed by atoms with Gasteiger partial charge < -0.3 is 4.74 Å². The highest BCUT2D eigenvalue weighted by Crippen LogP contribution is 2.06. The number of sulfonamides is 1. The molecule has 0 aliphatic heterocycles. The number of hydrogen-bond acceptors (Lipinski definition) is 5. The van der Waals surface area contributed by atoms with E-state index >= 15 is 0 Å². The number of nitrogens with zero attached hydrogens (tertiary/aromatic N) is 2. The Morgan fingerprint density at radius 1 is 1.53 bits per heavy atom. The second kappa shape index (κ2) is 6.18.